The molecular weight excluding hydrogens is 474 g/mol. The van der Waals surface area contributed by atoms with Crippen molar-refractivity contribution in [1.29, 1.82) is 0 Å². The summed E-state index contributed by atoms with van der Waals surface area (Å²) in [6.07, 6.45) is 1.51. The van der Waals surface area contributed by atoms with Gasteiger partial charge in [-0.05, 0) is 55.3 Å². The van der Waals surface area contributed by atoms with Crippen molar-refractivity contribution < 1.29 is 22.3 Å². The number of ether oxygens (including phenoxy) is 2. The number of piperidine rings is 1. The molecule has 0 radical (unpaired) electrons. The first-order valence-corrected chi connectivity index (χ1v) is 11.7. The maximum atomic E-state index is 13.0. The first-order chi connectivity index (χ1) is 14.5. The molecule has 3 aromatic rings. The lowest BCUT2D eigenvalue weighted by atomic mass is 10.00. The molecule has 2 aliphatic heterocycles. The zero-order valence-corrected chi connectivity index (χ0v) is 18.2. The smallest absolute Gasteiger partial charge is 0.247 e. The molecule has 1 atom stereocenters. The van der Waals surface area contributed by atoms with Gasteiger partial charge in [0.05, 0.1) is 10.8 Å². The molecule has 0 spiro atoms. The van der Waals surface area contributed by atoms with Gasteiger partial charge in [-0.25, -0.2) is 8.42 Å². The topological polar surface area (TPSA) is 94.8 Å². The molecule has 0 bridgehead atoms. The van der Waals surface area contributed by atoms with Crippen molar-refractivity contribution in [3.05, 3.63) is 52.8 Å². The van der Waals surface area contributed by atoms with Crippen LogP contribution in [0.15, 0.2) is 56.2 Å². The van der Waals surface area contributed by atoms with Crippen molar-refractivity contribution in [1.82, 2.24) is 14.5 Å². The van der Waals surface area contributed by atoms with Crippen LogP contribution in [0, 0.1) is 0 Å². The van der Waals surface area contributed by atoms with Crippen LogP contribution in [0.4, 0.5) is 0 Å². The van der Waals surface area contributed by atoms with Crippen molar-refractivity contribution in [3.63, 3.8) is 0 Å². The number of halogens is 1. The van der Waals surface area contributed by atoms with Crippen LogP contribution in [0.3, 0.4) is 0 Å². The molecule has 156 valence electrons. The Kier molecular flexibility index (Phi) is 5.00. The molecule has 0 N–H and O–H groups in total. The van der Waals surface area contributed by atoms with Crippen molar-refractivity contribution in [3.8, 4) is 23.0 Å². The van der Waals surface area contributed by atoms with Gasteiger partial charge in [0, 0.05) is 23.1 Å². The van der Waals surface area contributed by atoms with E-state index in [1.54, 1.807) is 36.4 Å². The van der Waals surface area contributed by atoms with Gasteiger partial charge in [0.15, 0.2) is 11.5 Å². The average molecular weight is 492 g/mol. The molecular formula is C20H18BrN3O5S. The number of fused-ring (bicyclic) bond motifs is 1. The predicted molar refractivity (Wildman–Crippen MR) is 111 cm³/mol. The Morgan fingerprint density at radius 3 is 2.67 bits per heavy atom. The second-order valence-corrected chi connectivity index (χ2v) is 10.0. The lowest BCUT2D eigenvalue weighted by Crippen LogP contribution is -2.39. The van der Waals surface area contributed by atoms with Crippen molar-refractivity contribution in [2.75, 3.05) is 19.9 Å². The minimum Gasteiger partial charge on any atom is -0.454 e. The van der Waals surface area contributed by atoms with Crippen LogP contribution in [0.2, 0.25) is 0 Å². The molecule has 2 aromatic carbocycles. The maximum Gasteiger partial charge on any atom is 0.247 e. The third-order valence-corrected chi connectivity index (χ3v) is 7.65. The number of nitrogens with zero attached hydrogens (tertiary/aromatic N) is 3. The fourth-order valence-electron chi connectivity index (χ4n) is 3.66. The van der Waals surface area contributed by atoms with E-state index in [1.807, 2.05) is 6.07 Å². The normalized spacial score (nSPS) is 19.2. The minimum atomic E-state index is -3.58. The summed E-state index contributed by atoms with van der Waals surface area (Å²) in [7, 11) is -3.58. The van der Waals surface area contributed by atoms with Gasteiger partial charge in [0.25, 0.3) is 0 Å². The molecule has 5 rings (SSSR count). The number of benzene rings is 2. The number of hydrogen-bond donors (Lipinski definition) is 0. The minimum absolute atomic E-state index is 0.153. The van der Waals surface area contributed by atoms with E-state index >= 15 is 0 Å². The van der Waals surface area contributed by atoms with E-state index in [-0.39, 0.29) is 17.6 Å². The highest BCUT2D eigenvalue weighted by molar-refractivity contribution is 9.10. The van der Waals surface area contributed by atoms with Gasteiger partial charge in [-0.3, -0.25) is 0 Å². The van der Waals surface area contributed by atoms with Gasteiger partial charge >= 0.3 is 0 Å². The van der Waals surface area contributed by atoms with Gasteiger partial charge in [-0.2, -0.15) is 4.31 Å². The summed E-state index contributed by atoms with van der Waals surface area (Å²) < 4.78 is 45.0. The van der Waals surface area contributed by atoms with E-state index in [0.717, 1.165) is 22.9 Å². The highest BCUT2D eigenvalue weighted by atomic mass is 79.9. The number of hydrogen-bond acceptors (Lipinski definition) is 7. The molecule has 3 heterocycles. The SMILES string of the molecule is O=S(=O)(c1ccc(Br)cc1)N1CCCC(c2nnc(-c3ccc4c(c3)OCO4)o2)C1. The van der Waals surface area contributed by atoms with Crippen LogP contribution < -0.4 is 9.47 Å². The summed E-state index contributed by atoms with van der Waals surface area (Å²) in [5.41, 5.74) is 0.730. The van der Waals surface area contributed by atoms with Gasteiger partial charge < -0.3 is 13.9 Å². The molecule has 10 heteroatoms. The van der Waals surface area contributed by atoms with Crippen molar-refractivity contribution in [2.45, 2.75) is 23.7 Å². The molecule has 8 nitrogen and oxygen atoms in total. The van der Waals surface area contributed by atoms with Crippen LogP contribution in [0.5, 0.6) is 11.5 Å². The van der Waals surface area contributed by atoms with E-state index in [9.17, 15) is 8.42 Å². The van der Waals surface area contributed by atoms with Crippen LogP contribution >= 0.6 is 15.9 Å². The highest BCUT2D eigenvalue weighted by Gasteiger charge is 2.33. The van der Waals surface area contributed by atoms with Gasteiger partial charge in [0.1, 0.15) is 0 Å². The molecule has 2 aliphatic rings. The van der Waals surface area contributed by atoms with E-state index in [1.165, 1.54) is 4.31 Å². The Hall–Kier alpha value is -2.43. The second-order valence-electron chi connectivity index (χ2n) is 7.17. The maximum absolute atomic E-state index is 13.0. The van der Waals surface area contributed by atoms with Gasteiger partial charge in [-0.1, -0.05) is 15.9 Å². The first kappa shape index (κ1) is 19.5. The Labute approximate surface area is 182 Å². The second kappa shape index (κ2) is 7.68. The van der Waals surface area contributed by atoms with E-state index in [4.69, 9.17) is 13.9 Å². The monoisotopic (exact) mass is 491 g/mol. The summed E-state index contributed by atoms with van der Waals surface area (Å²) in [6, 6.07) is 12.1. The summed E-state index contributed by atoms with van der Waals surface area (Å²) in [5.74, 6) is 1.98. The van der Waals surface area contributed by atoms with Crippen LogP contribution in [-0.2, 0) is 10.0 Å². The van der Waals surface area contributed by atoms with Crippen LogP contribution in [0.25, 0.3) is 11.5 Å². The fraction of sp³-hybridized carbons (Fsp3) is 0.300. The largest absolute Gasteiger partial charge is 0.454 e. The zero-order chi connectivity index (χ0) is 20.7. The highest BCUT2D eigenvalue weighted by Crippen LogP contribution is 2.36. The van der Waals surface area contributed by atoms with E-state index < -0.39 is 10.0 Å². The van der Waals surface area contributed by atoms with Gasteiger partial charge in [-0.15, -0.1) is 10.2 Å². The summed E-state index contributed by atoms with van der Waals surface area (Å²) in [4.78, 5) is 0.276. The van der Waals surface area contributed by atoms with Gasteiger partial charge in [0.2, 0.25) is 28.6 Å². The standard InChI is InChI=1S/C20H18BrN3O5S/c21-15-4-6-16(7-5-15)30(25,26)24-9-1-2-14(11-24)20-23-22-19(29-20)13-3-8-17-18(10-13)28-12-27-17/h3-8,10,14H,1-2,9,11-12H2. The molecule has 1 aromatic heterocycles. The predicted octanol–water partition coefficient (Wildman–Crippen LogP) is 3.80. The Balaban J connectivity index is 1.36. The fourth-order valence-corrected chi connectivity index (χ4v) is 5.45. The van der Waals surface area contributed by atoms with Crippen LogP contribution in [0.1, 0.15) is 24.7 Å². The summed E-state index contributed by atoms with van der Waals surface area (Å²) in [5, 5.41) is 8.35. The van der Waals surface area contributed by atoms with Crippen molar-refractivity contribution in [2.24, 2.45) is 0 Å². The zero-order valence-electron chi connectivity index (χ0n) is 15.8. The number of sulfonamides is 1. The Morgan fingerprint density at radius 2 is 1.83 bits per heavy atom. The lowest BCUT2D eigenvalue weighted by molar-refractivity contribution is 0.174. The third-order valence-electron chi connectivity index (χ3n) is 5.24. The van der Waals surface area contributed by atoms with E-state index in [0.29, 0.717) is 36.4 Å². The van der Waals surface area contributed by atoms with Crippen molar-refractivity contribution >= 4 is 26.0 Å². The Morgan fingerprint density at radius 1 is 1.03 bits per heavy atom. The van der Waals surface area contributed by atoms with E-state index in [2.05, 4.69) is 26.1 Å². The molecule has 1 saturated heterocycles. The molecule has 0 amide bonds. The Bertz CT molecular complexity index is 1180. The average Bonchev–Trinajstić information content (AvgIpc) is 3.43. The molecule has 1 fully saturated rings. The molecule has 30 heavy (non-hydrogen) atoms. The number of aromatic nitrogens is 2. The molecule has 0 saturated carbocycles. The number of rotatable bonds is 4. The molecule has 1 unspecified atom stereocenters. The third kappa shape index (κ3) is 3.59. The first-order valence-electron chi connectivity index (χ1n) is 9.50. The lowest BCUT2D eigenvalue weighted by Gasteiger charge is -2.30. The molecule has 0 aliphatic carbocycles. The van der Waals surface area contributed by atoms with Crippen LogP contribution in [-0.4, -0.2) is 42.8 Å². The quantitative estimate of drug-likeness (QED) is 0.547. The summed E-state index contributed by atoms with van der Waals surface area (Å²) >= 11 is 3.34. The summed E-state index contributed by atoms with van der Waals surface area (Å²) in [6.45, 7) is 0.970.